The third kappa shape index (κ3) is 8.61. The Morgan fingerprint density at radius 3 is 2.17 bits per heavy atom. The molecule has 0 fully saturated rings. The van der Waals surface area contributed by atoms with Crippen LogP contribution < -0.4 is 9.62 Å². The van der Waals surface area contributed by atoms with Gasteiger partial charge in [0.15, 0.2) is 0 Å². The molecule has 214 valence electrons. The molecule has 0 aliphatic heterocycles. The molecule has 7 nitrogen and oxygen atoms in total. The number of nitrogens with one attached hydrogen (secondary N) is 1. The van der Waals surface area contributed by atoms with Crippen molar-refractivity contribution < 1.29 is 18.0 Å². The van der Waals surface area contributed by atoms with Gasteiger partial charge in [0.25, 0.3) is 0 Å². The lowest BCUT2D eigenvalue weighted by molar-refractivity contribution is -0.140. The predicted octanol–water partition coefficient (Wildman–Crippen LogP) is 5.97. The van der Waals surface area contributed by atoms with Crippen molar-refractivity contribution in [3.8, 4) is 0 Å². The van der Waals surface area contributed by atoms with E-state index in [4.69, 9.17) is 34.8 Å². The first-order valence-electron chi connectivity index (χ1n) is 12.7. The Bertz CT molecular complexity index is 1440. The largest absolute Gasteiger partial charge is 0.352 e. The number of rotatable bonds is 12. The van der Waals surface area contributed by atoms with Crippen LogP contribution in [0.4, 0.5) is 5.69 Å². The second-order valence-electron chi connectivity index (χ2n) is 9.50. The van der Waals surface area contributed by atoms with Gasteiger partial charge in [-0.25, -0.2) is 8.42 Å². The van der Waals surface area contributed by atoms with Gasteiger partial charge in [-0.3, -0.25) is 13.9 Å². The highest BCUT2D eigenvalue weighted by atomic mass is 35.5. The summed E-state index contributed by atoms with van der Waals surface area (Å²) in [5.74, 6) is -0.961. The Morgan fingerprint density at radius 2 is 1.57 bits per heavy atom. The molecular weight excluding hydrogens is 593 g/mol. The highest BCUT2D eigenvalue weighted by Gasteiger charge is 2.34. The number of para-hydroxylation sites is 1. The van der Waals surface area contributed by atoms with Crippen LogP contribution >= 0.6 is 34.8 Å². The van der Waals surface area contributed by atoms with Gasteiger partial charge in [-0.05, 0) is 48.7 Å². The van der Waals surface area contributed by atoms with E-state index in [-0.39, 0.29) is 35.6 Å². The summed E-state index contributed by atoms with van der Waals surface area (Å²) >= 11 is 18.9. The van der Waals surface area contributed by atoms with E-state index >= 15 is 0 Å². The van der Waals surface area contributed by atoms with Crippen molar-refractivity contribution >= 4 is 62.3 Å². The van der Waals surface area contributed by atoms with Crippen LogP contribution in [0.3, 0.4) is 0 Å². The van der Waals surface area contributed by atoms with E-state index in [1.807, 2.05) is 44.2 Å². The molecule has 0 aliphatic rings. The fourth-order valence-electron chi connectivity index (χ4n) is 4.08. The Balaban J connectivity index is 2.10. The van der Waals surface area contributed by atoms with Crippen molar-refractivity contribution in [1.29, 1.82) is 0 Å². The average Bonchev–Trinajstić information content (AvgIpc) is 2.90. The zero-order valence-corrected chi connectivity index (χ0v) is 25.6. The molecule has 0 spiro atoms. The molecule has 3 aromatic carbocycles. The van der Waals surface area contributed by atoms with Gasteiger partial charge in [0, 0.05) is 29.1 Å². The minimum Gasteiger partial charge on any atom is -0.352 e. The third-order valence-electron chi connectivity index (χ3n) is 6.43. The normalized spacial score (nSPS) is 12.8. The number of anilines is 1. The smallest absolute Gasteiger partial charge is 0.244 e. The Morgan fingerprint density at radius 1 is 0.925 bits per heavy atom. The zero-order valence-electron chi connectivity index (χ0n) is 22.5. The van der Waals surface area contributed by atoms with Crippen LogP contribution in [0, 0.1) is 0 Å². The van der Waals surface area contributed by atoms with Crippen LogP contribution in [0.25, 0.3) is 0 Å². The maximum atomic E-state index is 14.1. The summed E-state index contributed by atoms with van der Waals surface area (Å²) in [7, 11) is -3.93. The fraction of sp³-hybridized carbons (Fsp3) is 0.310. The summed E-state index contributed by atoms with van der Waals surface area (Å²) in [6.45, 7) is 3.19. The van der Waals surface area contributed by atoms with E-state index in [0.29, 0.717) is 22.0 Å². The Kier molecular flexibility index (Phi) is 11.3. The minimum atomic E-state index is -3.93. The number of hydrogen-bond acceptors (Lipinski definition) is 4. The molecule has 1 N–H and O–H groups in total. The van der Waals surface area contributed by atoms with E-state index in [1.54, 1.807) is 36.4 Å². The number of carbonyl (C=O) groups is 2. The third-order valence-corrected chi connectivity index (χ3v) is 8.46. The maximum absolute atomic E-state index is 14.1. The van der Waals surface area contributed by atoms with Crippen molar-refractivity contribution in [2.24, 2.45) is 0 Å². The van der Waals surface area contributed by atoms with E-state index in [0.717, 1.165) is 16.1 Å². The van der Waals surface area contributed by atoms with Gasteiger partial charge in [-0.1, -0.05) is 90.3 Å². The monoisotopic (exact) mass is 623 g/mol. The van der Waals surface area contributed by atoms with Crippen LogP contribution in [0.15, 0.2) is 72.8 Å². The van der Waals surface area contributed by atoms with Gasteiger partial charge in [0.05, 0.1) is 17.0 Å². The molecule has 11 heteroatoms. The number of carbonyl (C=O) groups excluding carboxylic acids is 2. The van der Waals surface area contributed by atoms with Gasteiger partial charge in [0.1, 0.15) is 12.6 Å². The molecule has 0 bridgehead atoms. The van der Waals surface area contributed by atoms with Crippen molar-refractivity contribution in [2.45, 2.75) is 45.3 Å². The summed E-state index contributed by atoms with van der Waals surface area (Å²) in [5.41, 5.74) is 1.54. The predicted molar refractivity (Wildman–Crippen MR) is 162 cm³/mol. The first-order chi connectivity index (χ1) is 18.9. The van der Waals surface area contributed by atoms with Crippen LogP contribution in [-0.4, -0.2) is 50.0 Å². The lowest BCUT2D eigenvalue weighted by Gasteiger charge is -2.34. The highest BCUT2D eigenvalue weighted by molar-refractivity contribution is 7.92. The van der Waals surface area contributed by atoms with E-state index in [9.17, 15) is 18.0 Å². The van der Waals surface area contributed by atoms with Crippen molar-refractivity contribution in [3.63, 3.8) is 0 Å². The van der Waals surface area contributed by atoms with E-state index < -0.39 is 28.5 Å². The fourth-order valence-corrected chi connectivity index (χ4v) is 5.69. The quantitative estimate of drug-likeness (QED) is 0.269. The zero-order chi connectivity index (χ0) is 29.4. The SMILES string of the molecule is CC[C@H](C)NC(=O)[C@H](Cc1ccccc1)N(Cc1ccc(Cl)cc1Cl)C(=O)CN(c1ccccc1Cl)S(C)(=O)=O. The van der Waals surface area contributed by atoms with Crippen LogP contribution in [0.2, 0.25) is 15.1 Å². The molecule has 2 atom stereocenters. The molecular formula is C29H32Cl3N3O4S. The molecule has 0 radical (unpaired) electrons. The minimum absolute atomic E-state index is 0.0552. The van der Waals surface area contributed by atoms with Gasteiger partial charge in [-0.2, -0.15) is 0 Å². The van der Waals surface area contributed by atoms with E-state index in [1.165, 1.54) is 11.0 Å². The summed E-state index contributed by atoms with van der Waals surface area (Å²) < 4.78 is 26.7. The number of halogens is 3. The molecule has 3 aromatic rings. The number of hydrogen-bond donors (Lipinski definition) is 1. The molecule has 0 aromatic heterocycles. The first kappa shape index (κ1) is 31.7. The van der Waals surface area contributed by atoms with Crippen molar-refractivity contribution in [1.82, 2.24) is 10.2 Å². The van der Waals surface area contributed by atoms with Crippen LogP contribution in [-0.2, 0) is 32.6 Å². The molecule has 0 aliphatic carbocycles. The van der Waals surface area contributed by atoms with Crippen LogP contribution in [0.5, 0.6) is 0 Å². The molecule has 0 saturated carbocycles. The van der Waals surface area contributed by atoms with Crippen LogP contribution in [0.1, 0.15) is 31.4 Å². The van der Waals surface area contributed by atoms with Crippen molar-refractivity contribution in [3.05, 3.63) is 99.0 Å². The summed E-state index contributed by atoms with van der Waals surface area (Å²) in [6.07, 6.45) is 1.89. The lowest BCUT2D eigenvalue weighted by atomic mass is 10.0. The molecule has 40 heavy (non-hydrogen) atoms. The topological polar surface area (TPSA) is 86.8 Å². The molecule has 0 saturated heterocycles. The molecule has 0 heterocycles. The van der Waals surface area contributed by atoms with Gasteiger partial charge in [-0.15, -0.1) is 0 Å². The molecule has 0 unspecified atom stereocenters. The second-order valence-corrected chi connectivity index (χ2v) is 12.7. The average molecular weight is 625 g/mol. The van der Waals surface area contributed by atoms with Crippen molar-refractivity contribution in [2.75, 3.05) is 17.1 Å². The lowest BCUT2D eigenvalue weighted by Crippen LogP contribution is -2.54. The maximum Gasteiger partial charge on any atom is 0.244 e. The Labute approximate surface area is 251 Å². The number of nitrogens with zero attached hydrogens (tertiary/aromatic N) is 2. The number of benzene rings is 3. The standard InChI is InChI=1S/C29H32Cl3N3O4S/c1-4-20(2)33-29(37)27(16-21-10-6-5-7-11-21)34(18-22-14-15-23(30)17-25(22)32)28(36)19-35(40(3,38)39)26-13-9-8-12-24(26)31/h5-15,17,20,27H,4,16,18-19H2,1-3H3,(H,33,37)/t20-,27-/m0/s1. The number of sulfonamides is 1. The van der Waals surface area contributed by atoms with Gasteiger partial charge >= 0.3 is 0 Å². The second kappa shape index (κ2) is 14.2. The molecule has 2 amide bonds. The number of amides is 2. The first-order valence-corrected chi connectivity index (χ1v) is 15.7. The Hall–Kier alpha value is -2.78. The summed E-state index contributed by atoms with van der Waals surface area (Å²) in [6, 6.07) is 19.4. The summed E-state index contributed by atoms with van der Waals surface area (Å²) in [5, 5.41) is 3.89. The molecule has 3 rings (SSSR count). The van der Waals surface area contributed by atoms with Gasteiger partial charge in [0.2, 0.25) is 21.8 Å². The van der Waals surface area contributed by atoms with E-state index in [2.05, 4.69) is 5.32 Å². The summed E-state index contributed by atoms with van der Waals surface area (Å²) in [4.78, 5) is 29.1. The van der Waals surface area contributed by atoms with Gasteiger partial charge < -0.3 is 10.2 Å². The highest BCUT2D eigenvalue weighted by Crippen LogP contribution is 2.28.